The highest BCUT2D eigenvalue weighted by Gasteiger charge is 2.38. The summed E-state index contributed by atoms with van der Waals surface area (Å²) < 4.78 is 0. The number of benzene rings is 3. The summed E-state index contributed by atoms with van der Waals surface area (Å²) in [6, 6.07) is 20.7. The largest absolute Gasteiger partial charge is 0.465 e. The minimum atomic E-state index is -1.18. The van der Waals surface area contributed by atoms with E-state index in [4.69, 9.17) is 11.6 Å². The second-order valence-electron chi connectivity index (χ2n) is 11.9. The van der Waals surface area contributed by atoms with Crippen LogP contribution in [0.15, 0.2) is 72.8 Å². The zero-order chi connectivity index (χ0) is 31.5. The first-order valence-corrected chi connectivity index (χ1v) is 15.7. The lowest BCUT2D eigenvalue weighted by molar-refractivity contribution is -0.138. The highest BCUT2D eigenvalue weighted by atomic mass is 35.5. The van der Waals surface area contributed by atoms with Gasteiger partial charge in [0.15, 0.2) is 0 Å². The molecule has 10 nitrogen and oxygen atoms in total. The van der Waals surface area contributed by atoms with Crippen molar-refractivity contribution in [3.05, 3.63) is 106 Å². The van der Waals surface area contributed by atoms with Crippen LogP contribution < -0.4 is 16.0 Å². The smallest absolute Gasteiger partial charge is 0.408 e. The number of piperidine rings is 1. The Balaban J connectivity index is 1.18. The van der Waals surface area contributed by atoms with Crippen LogP contribution in [0.4, 0.5) is 9.59 Å². The van der Waals surface area contributed by atoms with E-state index < -0.39 is 24.1 Å². The Morgan fingerprint density at radius 3 is 2.27 bits per heavy atom. The Kier molecular flexibility index (Phi) is 8.93. The van der Waals surface area contributed by atoms with Crippen molar-refractivity contribution in [3.8, 4) is 0 Å². The monoisotopic (exact) mass is 629 g/mol. The molecule has 5 amide bonds. The Morgan fingerprint density at radius 1 is 0.933 bits per heavy atom. The SMILES string of the molecule is O=C1NCC(c2ccccc2C2CCN(C(=O)[C@@H](Cc3ccc(Cl)cc3)NC(=O)[C@@H]3Cc4ccccc4CN3C(=O)O)CC2)N1. The van der Waals surface area contributed by atoms with E-state index in [1.54, 1.807) is 17.0 Å². The quantitative estimate of drug-likeness (QED) is 0.311. The number of halogens is 1. The molecule has 0 aromatic heterocycles. The summed E-state index contributed by atoms with van der Waals surface area (Å²) in [5.74, 6) is -0.468. The molecule has 3 aromatic carbocycles. The predicted octanol–water partition coefficient (Wildman–Crippen LogP) is 4.23. The van der Waals surface area contributed by atoms with Crippen LogP contribution in [0, 0.1) is 0 Å². The molecule has 0 bridgehead atoms. The number of urea groups is 1. The summed E-state index contributed by atoms with van der Waals surface area (Å²) in [6.45, 7) is 1.66. The molecule has 3 aliphatic heterocycles. The molecule has 2 fully saturated rings. The fraction of sp³-hybridized carbons (Fsp3) is 0.353. The molecule has 3 heterocycles. The highest BCUT2D eigenvalue weighted by Crippen LogP contribution is 2.34. The third-order valence-corrected chi connectivity index (χ3v) is 9.41. The Labute approximate surface area is 266 Å². The first kappa shape index (κ1) is 30.5. The molecule has 3 atom stereocenters. The first-order chi connectivity index (χ1) is 21.8. The molecule has 3 aromatic rings. The Morgan fingerprint density at radius 2 is 1.60 bits per heavy atom. The lowest BCUT2D eigenvalue weighted by atomic mass is 9.84. The fourth-order valence-electron chi connectivity index (χ4n) is 6.76. The molecule has 4 N–H and O–H groups in total. The van der Waals surface area contributed by atoms with Gasteiger partial charge in [0, 0.05) is 37.5 Å². The minimum Gasteiger partial charge on any atom is -0.465 e. The number of fused-ring (bicyclic) bond motifs is 1. The summed E-state index contributed by atoms with van der Waals surface area (Å²) >= 11 is 6.10. The van der Waals surface area contributed by atoms with Crippen LogP contribution in [0.25, 0.3) is 0 Å². The molecule has 45 heavy (non-hydrogen) atoms. The molecule has 1 unspecified atom stereocenters. The van der Waals surface area contributed by atoms with Crippen LogP contribution in [0.1, 0.15) is 52.6 Å². The predicted molar refractivity (Wildman–Crippen MR) is 169 cm³/mol. The number of rotatable bonds is 7. The van der Waals surface area contributed by atoms with Crippen LogP contribution in [0.3, 0.4) is 0 Å². The van der Waals surface area contributed by atoms with E-state index in [0.717, 1.165) is 40.0 Å². The maximum atomic E-state index is 14.1. The average Bonchev–Trinajstić information content (AvgIpc) is 3.50. The average molecular weight is 630 g/mol. The fourth-order valence-corrected chi connectivity index (χ4v) is 6.88. The van der Waals surface area contributed by atoms with Crippen molar-refractivity contribution in [2.24, 2.45) is 0 Å². The summed E-state index contributed by atoms with van der Waals surface area (Å²) in [5, 5.41) is 19.3. The number of hydrogen-bond donors (Lipinski definition) is 4. The molecule has 0 saturated carbocycles. The number of carbonyl (C=O) groups is 4. The number of carbonyl (C=O) groups excluding carboxylic acids is 3. The number of carboxylic acid groups (broad SMARTS) is 1. The molecule has 234 valence electrons. The van der Waals surface area contributed by atoms with Gasteiger partial charge in [0.2, 0.25) is 11.8 Å². The number of nitrogens with zero attached hydrogens (tertiary/aromatic N) is 2. The molecule has 0 aliphatic carbocycles. The van der Waals surface area contributed by atoms with Crippen molar-refractivity contribution in [3.63, 3.8) is 0 Å². The van der Waals surface area contributed by atoms with Gasteiger partial charge >= 0.3 is 12.1 Å². The van der Waals surface area contributed by atoms with Crippen molar-refractivity contribution in [1.82, 2.24) is 25.8 Å². The zero-order valence-electron chi connectivity index (χ0n) is 24.7. The zero-order valence-corrected chi connectivity index (χ0v) is 25.5. The van der Waals surface area contributed by atoms with Crippen molar-refractivity contribution in [1.29, 1.82) is 0 Å². The van der Waals surface area contributed by atoms with Crippen molar-refractivity contribution in [2.75, 3.05) is 19.6 Å². The van der Waals surface area contributed by atoms with E-state index in [0.29, 0.717) is 24.7 Å². The van der Waals surface area contributed by atoms with E-state index in [1.807, 2.05) is 54.6 Å². The summed E-state index contributed by atoms with van der Waals surface area (Å²) in [7, 11) is 0. The summed E-state index contributed by atoms with van der Waals surface area (Å²) in [5.41, 5.74) is 4.89. The van der Waals surface area contributed by atoms with Crippen molar-refractivity contribution >= 4 is 35.5 Å². The molecule has 3 aliphatic rings. The van der Waals surface area contributed by atoms with Gasteiger partial charge in [-0.05, 0) is 58.7 Å². The van der Waals surface area contributed by atoms with Gasteiger partial charge in [-0.2, -0.15) is 0 Å². The summed E-state index contributed by atoms with van der Waals surface area (Å²) in [6.07, 6.45) is 0.781. The topological polar surface area (TPSA) is 131 Å². The minimum absolute atomic E-state index is 0.0931. The van der Waals surface area contributed by atoms with Crippen LogP contribution >= 0.6 is 11.6 Å². The summed E-state index contributed by atoms with van der Waals surface area (Å²) in [4.78, 5) is 54.7. The molecule has 0 radical (unpaired) electrons. The van der Waals surface area contributed by atoms with Gasteiger partial charge in [-0.15, -0.1) is 0 Å². The third-order valence-electron chi connectivity index (χ3n) is 9.15. The number of amides is 5. The second-order valence-corrected chi connectivity index (χ2v) is 12.4. The van der Waals surface area contributed by atoms with Gasteiger partial charge in [-0.1, -0.05) is 72.3 Å². The number of nitrogens with one attached hydrogen (secondary N) is 3. The van der Waals surface area contributed by atoms with Gasteiger partial charge in [0.1, 0.15) is 12.1 Å². The van der Waals surface area contributed by atoms with Gasteiger partial charge in [-0.25, -0.2) is 9.59 Å². The van der Waals surface area contributed by atoms with Gasteiger partial charge in [-0.3, -0.25) is 14.5 Å². The van der Waals surface area contributed by atoms with Crippen LogP contribution in [-0.4, -0.2) is 70.6 Å². The third kappa shape index (κ3) is 6.76. The Bertz CT molecular complexity index is 1590. The van der Waals surface area contributed by atoms with Crippen molar-refractivity contribution < 1.29 is 24.3 Å². The number of likely N-dealkylation sites (tertiary alicyclic amines) is 1. The van der Waals surface area contributed by atoms with E-state index in [9.17, 15) is 24.3 Å². The van der Waals surface area contributed by atoms with E-state index in [1.165, 1.54) is 5.56 Å². The van der Waals surface area contributed by atoms with Gasteiger partial charge < -0.3 is 26.0 Å². The van der Waals surface area contributed by atoms with Gasteiger partial charge in [0.25, 0.3) is 0 Å². The number of hydrogen-bond acceptors (Lipinski definition) is 4. The van der Waals surface area contributed by atoms with Crippen LogP contribution in [0.2, 0.25) is 5.02 Å². The van der Waals surface area contributed by atoms with Gasteiger partial charge in [0.05, 0.1) is 12.6 Å². The lowest BCUT2D eigenvalue weighted by Crippen LogP contribution is -2.58. The normalized spacial score (nSPS) is 20.5. The standard InChI is InChI=1S/C34H36ClN5O5/c35-25-11-9-21(10-12-25)17-28(37-31(41)30-18-23-5-1-2-6-24(23)20-40(30)34(44)45)32(42)39-15-13-22(14-16-39)26-7-3-4-8-27(26)29-19-36-33(43)38-29/h1-12,22,28-30H,13-20H2,(H,37,41)(H,44,45)(H2,36,38,43)/t28-,29?,30+/m1/s1. The molecule has 6 rings (SSSR count). The molecule has 0 spiro atoms. The van der Waals surface area contributed by atoms with Crippen molar-refractivity contribution in [2.45, 2.75) is 56.3 Å². The molecule has 2 saturated heterocycles. The Hall–Kier alpha value is -4.57. The van der Waals surface area contributed by atoms with E-state index in [2.05, 4.69) is 22.0 Å². The second kappa shape index (κ2) is 13.2. The van der Waals surface area contributed by atoms with E-state index >= 15 is 0 Å². The lowest BCUT2D eigenvalue weighted by Gasteiger charge is -2.37. The molecular weight excluding hydrogens is 594 g/mol. The van der Waals surface area contributed by atoms with Crippen LogP contribution in [-0.2, 0) is 29.0 Å². The maximum Gasteiger partial charge on any atom is 0.408 e. The molecular formula is C34H36ClN5O5. The van der Waals surface area contributed by atoms with E-state index in [-0.39, 0.29) is 43.3 Å². The highest BCUT2D eigenvalue weighted by molar-refractivity contribution is 6.30. The maximum absolute atomic E-state index is 14.1. The van der Waals surface area contributed by atoms with Crippen LogP contribution in [0.5, 0.6) is 0 Å². The molecule has 11 heteroatoms. The first-order valence-electron chi connectivity index (χ1n) is 15.3.